The van der Waals surface area contributed by atoms with Crippen LogP contribution in [0.1, 0.15) is 55.0 Å². The van der Waals surface area contributed by atoms with Crippen LogP contribution in [0.25, 0.3) is 11.8 Å². The predicted molar refractivity (Wildman–Crippen MR) is 155 cm³/mol. The third-order valence-electron chi connectivity index (χ3n) is 6.69. The minimum Gasteiger partial charge on any atom is -0.463 e. The summed E-state index contributed by atoms with van der Waals surface area (Å²) in [5, 5.41) is 11.1. The maximum Gasteiger partial charge on any atom is 0.338 e. The number of esters is 1. The third-order valence-corrected chi connectivity index (χ3v) is 7.68. The molecule has 0 spiro atoms. The van der Waals surface area contributed by atoms with Gasteiger partial charge in [-0.2, -0.15) is 0 Å². The minimum atomic E-state index is -0.759. The summed E-state index contributed by atoms with van der Waals surface area (Å²) < 4.78 is 7.45. The third kappa shape index (κ3) is 5.15. The number of carbonyl (C=O) groups is 1. The number of carbonyl (C=O) groups excluding carboxylic acids is 1. The van der Waals surface area contributed by atoms with E-state index in [9.17, 15) is 19.7 Å². The summed E-state index contributed by atoms with van der Waals surface area (Å²) in [5.74, 6) is -0.217. The fourth-order valence-corrected chi connectivity index (χ4v) is 5.66. The molecule has 1 atom stereocenters. The molecule has 0 saturated carbocycles. The van der Waals surface area contributed by atoms with Crippen LogP contribution in [0, 0.1) is 10.1 Å². The molecular formula is C31H27N3O5S. The predicted octanol–water partition coefficient (Wildman–Crippen LogP) is 4.97. The Morgan fingerprint density at radius 2 is 1.75 bits per heavy atom. The van der Waals surface area contributed by atoms with E-state index in [1.807, 2.05) is 54.6 Å². The second-order valence-corrected chi connectivity index (χ2v) is 10.6. The van der Waals surface area contributed by atoms with Crippen LogP contribution in [0.2, 0.25) is 0 Å². The van der Waals surface area contributed by atoms with Gasteiger partial charge in [-0.25, -0.2) is 9.79 Å². The van der Waals surface area contributed by atoms with Crippen LogP contribution < -0.4 is 14.9 Å². The fraction of sp³-hybridized carbons (Fsp3) is 0.194. The number of hydrogen-bond acceptors (Lipinski definition) is 7. The van der Waals surface area contributed by atoms with Crippen LogP contribution in [0.5, 0.6) is 0 Å². The van der Waals surface area contributed by atoms with E-state index in [1.165, 1.54) is 23.5 Å². The number of benzene rings is 3. The van der Waals surface area contributed by atoms with Gasteiger partial charge >= 0.3 is 5.97 Å². The average molecular weight is 554 g/mol. The molecule has 5 rings (SSSR count). The molecule has 2 heterocycles. The summed E-state index contributed by atoms with van der Waals surface area (Å²) >= 11 is 1.21. The van der Waals surface area contributed by atoms with Crippen molar-refractivity contribution in [1.82, 2.24) is 4.57 Å². The Morgan fingerprint density at radius 1 is 1.07 bits per heavy atom. The lowest BCUT2D eigenvalue weighted by Gasteiger charge is -2.26. The van der Waals surface area contributed by atoms with Gasteiger partial charge in [0.2, 0.25) is 0 Å². The van der Waals surface area contributed by atoms with Gasteiger partial charge in [0.25, 0.3) is 11.2 Å². The molecule has 1 aromatic heterocycles. The highest BCUT2D eigenvalue weighted by atomic mass is 32.1. The molecule has 0 radical (unpaired) electrons. The normalized spacial score (nSPS) is 15.1. The molecule has 40 heavy (non-hydrogen) atoms. The van der Waals surface area contributed by atoms with Crippen LogP contribution in [-0.4, -0.2) is 22.1 Å². The molecule has 0 aliphatic carbocycles. The van der Waals surface area contributed by atoms with Gasteiger partial charge in [-0.05, 0) is 47.7 Å². The summed E-state index contributed by atoms with van der Waals surface area (Å²) in [6.45, 7) is 6.13. The van der Waals surface area contributed by atoms with E-state index in [0.29, 0.717) is 32.1 Å². The molecule has 1 aliphatic rings. The van der Waals surface area contributed by atoms with Gasteiger partial charge in [-0.1, -0.05) is 79.8 Å². The highest BCUT2D eigenvalue weighted by Crippen LogP contribution is 2.35. The number of non-ortho nitro benzene ring substituents is 1. The van der Waals surface area contributed by atoms with Gasteiger partial charge < -0.3 is 4.74 Å². The van der Waals surface area contributed by atoms with Gasteiger partial charge in [0.05, 0.1) is 33.4 Å². The van der Waals surface area contributed by atoms with Crippen molar-refractivity contribution in [2.75, 3.05) is 6.61 Å². The van der Waals surface area contributed by atoms with Gasteiger partial charge in [0.1, 0.15) is 0 Å². The summed E-state index contributed by atoms with van der Waals surface area (Å²) in [7, 11) is 0. The molecule has 202 valence electrons. The molecule has 0 bridgehead atoms. The van der Waals surface area contributed by atoms with Crippen molar-refractivity contribution in [1.29, 1.82) is 0 Å². The van der Waals surface area contributed by atoms with Crippen molar-refractivity contribution >= 4 is 34.8 Å². The molecule has 4 aromatic rings. The summed E-state index contributed by atoms with van der Waals surface area (Å²) in [6.07, 6.45) is 1.68. The van der Waals surface area contributed by atoms with Crippen LogP contribution in [0.4, 0.5) is 5.69 Å². The molecule has 0 amide bonds. The van der Waals surface area contributed by atoms with E-state index >= 15 is 0 Å². The van der Waals surface area contributed by atoms with E-state index in [0.717, 1.165) is 16.7 Å². The zero-order valence-corrected chi connectivity index (χ0v) is 23.1. The highest BCUT2D eigenvalue weighted by Gasteiger charge is 2.35. The first-order valence-corrected chi connectivity index (χ1v) is 13.7. The largest absolute Gasteiger partial charge is 0.463 e. The fourth-order valence-electron chi connectivity index (χ4n) is 4.66. The van der Waals surface area contributed by atoms with Crippen LogP contribution >= 0.6 is 11.3 Å². The Hall–Kier alpha value is -4.63. The van der Waals surface area contributed by atoms with E-state index in [2.05, 4.69) is 13.8 Å². The van der Waals surface area contributed by atoms with Crippen molar-refractivity contribution in [2.24, 2.45) is 4.99 Å². The smallest absolute Gasteiger partial charge is 0.338 e. The second kappa shape index (κ2) is 11.2. The van der Waals surface area contributed by atoms with Gasteiger partial charge in [-0.15, -0.1) is 0 Å². The van der Waals surface area contributed by atoms with Crippen molar-refractivity contribution < 1.29 is 14.5 Å². The summed E-state index contributed by atoms with van der Waals surface area (Å²) in [5.41, 5.74) is 3.69. The van der Waals surface area contributed by atoms with Gasteiger partial charge in [0, 0.05) is 17.7 Å². The number of nitrogens with zero attached hydrogens (tertiary/aromatic N) is 3. The molecular weight excluding hydrogens is 526 g/mol. The monoisotopic (exact) mass is 553 g/mol. The Bertz CT molecular complexity index is 1780. The Morgan fingerprint density at radius 3 is 2.35 bits per heavy atom. The van der Waals surface area contributed by atoms with Crippen LogP contribution in [-0.2, 0) is 9.53 Å². The van der Waals surface area contributed by atoms with Crippen molar-refractivity contribution in [3.8, 4) is 0 Å². The molecule has 0 N–H and O–H groups in total. The van der Waals surface area contributed by atoms with Gasteiger partial charge in [0.15, 0.2) is 4.80 Å². The quantitative estimate of drug-likeness (QED) is 0.183. The summed E-state index contributed by atoms with van der Waals surface area (Å²) in [4.78, 5) is 43.3. The second-order valence-electron chi connectivity index (χ2n) is 9.60. The number of aromatic nitrogens is 1. The van der Waals surface area contributed by atoms with Gasteiger partial charge in [-0.3, -0.25) is 19.5 Å². The minimum absolute atomic E-state index is 0.0324. The standard InChI is InChI=1S/C31H27N3O5S/c1-4-39-30(36)26-27(22-8-6-5-7-9-22)32-31-33(28(26)23-14-12-21(13-15-23)19(2)3)29(35)25(40-31)18-20-10-16-24(17-11-20)34(37)38/h5-19,28H,4H2,1-3H3/b25-18-/t28-/m1/s1. The number of nitro benzene ring substituents is 1. The number of rotatable bonds is 7. The molecule has 1 aliphatic heterocycles. The average Bonchev–Trinajstić information content (AvgIpc) is 3.27. The van der Waals surface area contributed by atoms with Crippen LogP contribution in [0.15, 0.2) is 94.2 Å². The lowest BCUT2D eigenvalue weighted by Crippen LogP contribution is -2.40. The lowest BCUT2D eigenvalue weighted by molar-refractivity contribution is -0.384. The molecule has 0 saturated heterocycles. The molecule has 8 nitrogen and oxygen atoms in total. The SMILES string of the molecule is CCOC(=O)C1=C(c2ccccc2)N=c2s/c(=C\c3ccc([N+](=O)[O-])cc3)c(=O)n2[C@@H]1c1ccc(C(C)C)cc1. The first kappa shape index (κ1) is 27.0. The topological polar surface area (TPSA) is 104 Å². The highest BCUT2D eigenvalue weighted by molar-refractivity contribution is 7.07. The first-order valence-electron chi connectivity index (χ1n) is 12.9. The summed E-state index contributed by atoms with van der Waals surface area (Å²) in [6, 6.07) is 22.5. The van der Waals surface area contributed by atoms with E-state index < -0.39 is 16.9 Å². The maximum absolute atomic E-state index is 13.9. The van der Waals surface area contributed by atoms with Crippen molar-refractivity contribution in [3.63, 3.8) is 0 Å². The molecule has 9 heteroatoms. The molecule has 0 fully saturated rings. The number of ether oxygens (including phenoxy) is 1. The lowest BCUT2D eigenvalue weighted by atomic mass is 9.91. The number of nitro groups is 1. The maximum atomic E-state index is 13.9. The number of thiazole rings is 1. The number of fused-ring (bicyclic) bond motifs is 1. The first-order chi connectivity index (χ1) is 19.3. The van der Waals surface area contributed by atoms with E-state index in [-0.39, 0.29) is 17.9 Å². The van der Waals surface area contributed by atoms with Crippen molar-refractivity contribution in [2.45, 2.75) is 32.7 Å². The Labute approximate surface area is 234 Å². The molecule has 0 unspecified atom stereocenters. The van der Waals surface area contributed by atoms with Crippen molar-refractivity contribution in [3.05, 3.63) is 136 Å². The Kier molecular flexibility index (Phi) is 7.57. The zero-order chi connectivity index (χ0) is 28.4. The Balaban J connectivity index is 1.78. The van der Waals surface area contributed by atoms with E-state index in [1.54, 1.807) is 29.7 Å². The van der Waals surface area contributed by atoms with E-state index in [4.69, 9.17) is 9.73 Å². The van der Waals surface area contributed by atoms with Crippen LogP contribution in [0.3, 0.4) is 0 Å². The number of hydrogen-bond donors (Lipinski definition) is 0. The zero-order valence-electron chi connectivity index (χ0n) is 22.2. The molecule has 3 aromatic carbocycles.